The van der Waals surface area contributed by atoms with Crippen molar-refractivity contribution in [3.8, 4) is 0 Å². The summed E-state index contributed by atoms with van der Waals surface area (Å²) in [4.78, 5) is 22.3. The molecule has 4 heterocycles. The first-order chi connectivity index (χ1) is 12.7. The highest BCUT2D eigenvalue weighted by atomic mass is 35.5. The summed E-state index contributed by atoms with van der Waals surface area (Å²) >= 11 is 6.34. The first kappa shape index (κ1) is 17.8. The van der Waals surface area contributed by atoms with Crippen molar-refractivity contribution in [1.29, 1.82) is 0 Å². The van der Waals surface area contributed by atoms with Gasteiger partial charge in [-0.25, -0.2) is 13.9 Å². The molecule has 0 bridgehead atoms. The van der Waals surface area contributed by atoms with Crippen molar-refractivity contribution in [3.63, 3.8) is 0 Å². The zero-order chi connectivity index (χ0) is 19.5. The van der Waals surface area contributed by atoms with Gasteiger partial charge >= 0.3 is 11.9 Å². The van der Waals surface area contributed by atoms with Gasteiger partial charge in [-0.1, -0.05) is 11.6 Å². The molecule has 27 heavy (non-hydrogen) atoms. The lowest BCUT2D eigenvalue weighted by atomic mass is 10.0. The van der Waals surface area contributed by atoms with E-state index < -0.39 is 17.4 Å². The van der Waals surface area contributed by atoms with Gasteiger partial charge in [-0.15, -0.1) is 5.10 Å². The average Bonchev–Trinajstić information content (AvgIpc) is 2.90. The molecule has 0 saturated heterocycles. The van der Waals surface area contributed by atoms with Crippen LogP contribution in [-0.4, -0.2) is 30.7 Å². The standard InChI is InChI=1S/C16H14ClF3N6O/c1-8-12(17)26-14(23-24(2)15(26)27)22-13(8)25-4-3-11-9(7-25)5-10(6-21-11)16(18,19)20/h5-6H,3-4,7H2,1-2H3. The summed E-state index contributed by atoms with van der Waals surface area (Å²) in [6.45, 7) is 2.44. The Morgan fingerprint density at radius 1 is 1.30 bits per heavy atom. The van der Waals surface area contributed by atoms with Crippen molar-refractivity contribution < 1.29 is 13.2 Å². The third kappa shape index (κ3) is 2.84. The van der Waals surface area contributed by atoms with Gasteiger partial charge in [0.1, 0.15) is 11.0 Å². The van der Waals surface area contributed by atoms with E-state index in [9.17, 15) is 18.0 Å². The summed E-state index contributed by atoms with van der Waals surface area (Å²) in [5.74, 6) is 0.627. The Morgan fingerprint density at radius 3 is 2.74 bits per heavy atom. The molecule has 0 saturated carbocycles. The number of anilines is 1. The molecule has 11 heteroatoms. The van der Waals surface area contributed by atoms with Gasteiger partial charge in [0.25, 0.3) is 5.78 Å². The Hall–Kier alpha value is -2.62. The fourth-order valence-electron chi connectivity index (χ4n) is 3.20. The second kappa shape index (κ2) is 5.95. The van der Waals surface area contributed by atoms with Gasteiger partial charge < -0.3 is 4.90 Å². The number of pyridine rings is 1. The van der Waals surface area contributed by atoms with E-state index in [2.05, 4.69) is 15.1 Å². The highest BCUT2D eigenvalue weighted by Gasteiger charge is 2.33. The van der Waals surface area contributed by atoms with Crippen molar-refractivity contribution in [2.24, 2.45) is 7.05 Å². The summed E-state index contributed by atoms with van der Waals surface area (Å²) < 4.78 is 41.3. The van der Waals surface area contributed by atoms with Crippen LogP contribution in [0.4, 0.5) is 19.0 Å². The van der Waals surface area contributed by atoms with Crippen LogP contribution >= 0.6 is 11.6 Å². The van der Waals surface area contributed by atoms with Gasteiger partial charge in [0.2, 0.25) is 0 Å². The van der Waals surface area contributed by atoms with E-state index in [1.54, 1.807) is 6.92 Å². The number of alkyl halides is 3. The molecule has 3 aromatic heterocycles. The minimum Gasteiger partial charge on any atom is -0.351 e. The molecule has 0 spiro atoms. The number of rotatable bonds is 1. The zero-order valence-corrected chi connectivity index (χ0v) is 15.1. The number of fused-ring (bicyclic) bond motifs is 2. The fraction of sp³-hybridized carbons (Fsp3) is 0.375. The van der Waals surface area contributed by atoms with Crippen LogP contribution in [0.1, 0.15) is 22.4 Å². The SMILES string of the molecule is Cc1c(N2CCc3ncc(C(F)(F)F)cc3C2)nc2nn(C)c(=O)n2c1Cl. The summed E-state index contributed by atoms with van der Waals surface area (Å²) in [5.41, 5.74) is 0.491. The maximum Gasteiger partial charge on any atom is 0.417 e. The lowest BCUT2D eigenvalue weighted by molar-refractivity contribution is -0.137. The summed E-state index contributed by atoms with van der Waals surface area (Å²) in [6.07, 6.45) is -3.11. The van der Waals surface area contributed by atoms with Crippen LogP contribution < -0.4 is 10.6 Å². The monoisotopic (exact) mass is 398 g/mol. The van der Waals surface area contributed by atoms with E-state index >= 15 is 0 Å². The van der Waals surface area contributed by atoms with Gasteiger partial charge in [-0.05, 0) is 18.6 Å². The van der Waals surface area contributed by atoms with E-state index in [1.807, 2.05) is 4.90 Å². The second-order valence-electron chi connectivity index (χ2n) is 6.39. The average molecular weight is 399 g/mol. The number of hydrogen-bond acceptors (Lipinski definition) is 5. The van der Waals surface area contributed by atoms with E-state index in [0.29, 0.717) is 35.6 Å². The number of nitrogens with zero attached hydrogens (tertiary/aromatic N) is 6. The van der Waals surface area contributed by atoms with Crippen LogP contribution in [0.3, 0.4) is 0 Å². The molecule has 7 nitrogen and oxygen atoms in total. The highest BCUT2D eigenvalue weighted by Crippen LogP contribution is 2.33. The molecule has 0 radical (unpaired) electrons. The Morgan fingerprint density at radius 2 is 2.04 bits per heavy atom. The van der Waals surface area contributed by atoms with Gasteiger partial charge in [0.15, 0.2) is 0 Å². The predicted molar refractivity (Wildman–Crippen MR) is 92.0 cm³/mol. The molecule has 0 fully saturated rings. The van der Waals surface area contributed by atoms with E-state index in [1.165, 1.54) is 11.4 Å². The number of halogens is 4. The van der Waals surface area contributed by atoms with Crippen molar-refractivity contribution in [2.75, 3.05) is 11.4 Å². The van der Waals surface area contributed by atoms with Crippen molar-refractivity contribution >= 4 is 23.2 Å². The van der Waals surface area contributed by atoms with E-state index in [0.717, 1.165) is 16.9 Å². The van der Waals surface area contributed by atoms with Gasteiger partial charge in [-0.3, -0.25) is 4.98 Å². The lowest BCUT2D eigenvalue weighted by Gasteiger charge is -2.30. The molecule has 0 aliphatic carbocycles. The first-order valence-corrected chi connectivity index (χ1v) is 8.46. The molecule has 1 aliphatic heterocycles. The van der Waals surface area contributed by atoms with Crippen LogP contribution in [0.25, 0.3) is 5.78 Å². The molecule has 0 N–H and O–H groups in total. The van der Waals surface area contributed by atoms with Gasteiger partial charge in [0.05, 0.1) is 5.56 Å². The number of aryl methyl sites for hydroxylation is 1. The van der Waals surface area contributed by atoms with Crippen molar-refractivity contribution in [2.45, 2.75) is 26.1 Å². The molecule has 4 rings (SSSR count). The molecular formula is C16H14ClF3N6O. The molecule has 0 amide bonds. The summed E-state index contributed by atoms with van der Waals surface area (Å²) in [7, 11) is 1.49. The maximum absolute atomic E-state index is 13.0. The minimum absolute atomic E-state index is 0.140. The Kier molecular flexibility index (Phi) is 3.91. The smallest absolute Gasteiger partial charge is 0.351 e. The fourth-order valence-corrected chi connectivity index (χ4v) is 3.44. The minimum atomic E-state index is -4.45. The van der Waals surface area contributed by atoms with Crippen LogP contribution in [0.5, 0.6) is 0 Å². The Bertz CT molecular complexity index is 1120. The molecular weight excluding hydrogens is 385 g/mol. The predicted octanol–water partition coefficient (Wildman–Crippen LogP) is 2.37. The molecule has 3 aromatic rings. The number of hydrogen-bond donors (Lipinski definition) is 0. The molecule has 0 aromatic carbocycles. The van der Waals surface area contributed by atoms with Crippen LogP contribution in [0, 0.1) is 6.92 Å². The molecule has 1 aliphatic rings. The number of aromatic nitrogens is 5. The quantitative estimate of drug-likeness (QED) is 0.589. The van der Waals surface area contributed by atoms with Crippen molar-refractivity contribution in [3.05, 3.63) is 50.3 Å². The third-order valence-corrected chi connectivity index (χ3v) is 5.07. The van der Waals surface area contributed by atoms with E-state index in [-0.39, 0.29) is 17.5 Å². The van der Waals surface area contributed by atoms with Gasteiger partial charge in [-0.2, -0.15) is 18.2 Å². The lowest BCUT2D eigenvalue weighted by Crippen LogP contribution is -2.33. The Labute approximate surface area is 156 Å². The largest absolute Gasteiger partial charge is 0.417 e. The highest BCUT2D eigenvalue weighted by molar-refractivity contribution is 6.30. The van der Waals surface area contributed by atoms with Crippen LogP contribution in [-0.2, 0) is 26.2 Å². The van der Waals surface area contributed by atoms with E-state index in [4.69, 9.17) is 11.6 Å². The topological polar surface area (TPSA) is 68.3 Å². The molecule has 0 atom stereocenters. The molecule has 142 valence electrons. The second-order valence-corrected chi connectivity index (χ2v) is 6.75. The first-order valence-electron chi connectivity index (χ1n) is 8.08. The van der Waals surface area contributed by atoms with Crippen LogP contribution in [0.2, 0.25) is 5.15 Å². The normalized spacial score (nSPS) is 14.7. The summed E-state index contributed by atoms with van der Waals surface area (Å²) in [5, 5.41) is 4.23. The zero-order valence-electron chi connectivity index (χ0n) is 14.4. The van der Waals surface area contributed by atoms with Gasteiger partial charge in [0, 0.05) is 44.0 Å². The maximum atomic E-state index is 13.0. The summed E-state index contributed by atoms with van der Waals surface area (Å²) in [6, 6.07) is 1.12. The van der Waals surface area contributed by atoms with Crippen LogP contribution in [0.15, 0.2) is 17.1 Å². The van der Waals surface area contributed by atoms with Crippen molar-refractivity contribution in [1.82, 2.24) is 24.1 Å². The third-order valence-electron chi connectivity index (χ3n) is 4.62. The molecule has 0 unspecified atom stereocenters. The Balaban J connectivity index is 1.78.